The van der Waals surface area contributed by atoms with Crippen molar-refractivity contribution in [2.75, 3.05) is 30.0 Å². The molecule has 0 bridgehead atoms. The van der Waals surface area contributed by atoms with Gasteiger partial charge in [0.05, 0.1) is 11.4 Å². The molecule has 21 heavy (non-hydrogen) atoms. The number of benzene rings is 1. The topological polar surface area (TPSA) is 59.1 Å². The first kappa shape index (κ1) is 15.2. The molecule has 0 fully saturated rings. The second kappa shape index (κ2) is 5.68. The Labute approximate surface area is 126 Å². The average Bonchev–Trinajstić information content (AvgIpc) is 2.69. The zero-order valence-electron chi connectivity index (χ0n) is 13.7. The molecule has 1 aromatic carbocycles. The minimum atomic E-state index is 0.252. The predicted molar refractivity (Wildman–Crippen MR) is 90.6 cm³/mol. The Morgan fingerprint density at radius 2 is 1.90 bits per heavy atom. The molecule has 1 heterocycles. The molecule has 2 rings (SSSR count). The summed E-state index contributed by atoms with van der Waals surface area (Å²) >= 11 is 0. The lowest BCUT2D eigenvalue weighted by Crippen LogP contribution is -2.11. The van der Waals surface area contributed by atoms with E-state index in [1.807, 2.05) is 25.7 Å². The maximum atomic E-state index is 6.16. The molecule has 0 aliphatic carbocycles. The summed E-state index contributed by atoms with van der Waals surface area (Å²) in [6, 6.07) is 6.55. The third-order valence-corrected chi connectivity index (χ3v) is 3.57. The first-order chi connectivity index (χ1) is 9.81. The van der Waals surface area contributed by atoms with E-state index in [4.69, 9.17) is 5.73 Å². The van der Waals surface area contributed by atoms with Crippen LogP contribution in [0.5, 0.6) is 0 Å². The number of nitrogens with zero attached hydrogens (tertiary/aromatic N) is 3. The van der Waals surface area contributed by atoms with Crippen LogP contribution in [0.2, 0.25) is 0 Å². The first-order valence-corrected chi connectivity index (χ1v) is 7.20. The minimum Gasteiger partial charge on any atom is -0.394 e. The lowest BCUT2D eigenvalue weighted by Gasteiger charge is -2.18. The van der Waals surface area contributed by atoms with Gasteiger partial charge in [-0.2, -0.15) is 5.10 Å². The number of aryl methyl sites for hydroxylation is 2. The van der Waals surface area contributed by atoms with Crippen LogP contribution in [0.4, 0.5) is 22.9 Å². The molecule has 1 aromatic heterocycles. The Balaban J connectivity index is 2.41. The SMILES string of the molecule is Cc1ccc(Nc2c(N)c(C)nn2C(C)C)cc1N(C)C. The maximum absolute atomic E-state index is 6.16. The van der Waals surface area contributed by atoms with Crippen molar-refractivity contribution < 1.29 is 0 Å². The maximum Gasteiger partial charge on any atom is 0.152 e. The Morgan fingerprint density at radius 3 is 2.48 bits per heavy atom. The van der Waals surface area contributed by atoms with Gasteiger partial charge in [-0.25, -0.2) is 4.68 Å². The molecule has 5 heteroatoms. The van der Waals surface area contributed by atoms with Gasteiger partial charge < -0.3 is 16.0 Å². The van der Waals surface area contributed by atoms with Crippen LogP contribution in [0.25, 0.3) is 0 Å². The molecule has 0 saturated heterocycles. The van der Waals surface area contributed by atoms with Crippen molar-refractivity contribution in [3.05, 3.63) is 29.5 Å². The van der Waals surface area contributed by atoms with Crippen molar-refractivity contribution in [1.82, 2.24) is 9.78 Å². The Morgan fingerprint density at radius 1 is 1.24 bits per heavy atom. The zero-order chi connectivity index (χ0) is 15.7. The van der Waals surface area contributed by atoms with Crippen molar-refractivity contribution in [3.8, 4) is 0 Å². The van der Waals surface area contributed by atoms with E-state index in [1.54, 1.807) is 0 Å². The normalized spacial score (nSPS) is 11.0. The van der Waals surface area contributed by atoms with Gasteiger partial charge in [0.15, 0.2) is 5.82 Å². The molecule has 0 spiro atoms. The lowest BCUT2D eigenvalue weighted by molar-refractivity contribution is 0.536. The van der Waals surface area contributed by atoms with E-state index in [-0.39, 0.29) is 6.04 Å². The van der Waals surface area contributed by atoms with Crippen LogP contribution in [0.15, 0.2) is 18.2 Å². The van der Waals surface area contributed by atoms with Crippen LogP contribution >= 0.6 is 0 Å². The Hall–Kier alpha value is -2.17. The number of nitrogen functional groups attached to an aromatic ring is 1. The molecule has 0 amide bonds. The number of nitrogens with two attached hydrogens (primary N) is 1. The number of nitrogens with one attached hydrogen (secondary N) is 1. The van der Waals surface area contributed by atoms with Gasteiger partial charge in [-0.15, -0.1) is 0 Å². The average molecular weight is 287 g/mol. The molecule has 0 radical (unpaired) electrons. The van der Waals surface area contributed by atoms with E-state index >= 15 is 0 Å². The number of rotatable bonds is 4. The van der Waals surface area contributed by atoms with Gasteiger partial charge in [-0.05, 0) is 45.4 Å². The lowest BCUT2D eigenvalue weighted by atomic mass is 10.1. The van der Waals surface area contributed by atoms with E-state index in [0.717, 1.165) is 17.2 Å². The number of aromatic nitrogens is 2. The summed E-state index contributed by atoms with van der Waals surface area (Å²) < 4.78 is 1.93. The van der Waals surface area contributed by atoms with Crippen LogP contribution in [-0.2, 0) is 0 Å². The van der Waals surface area contributed by atoms with Crippen LogP contribution < -0.4 is 16.0 Å². The van der Waals surface area contributed by atoms with Gasteiger partial charge >= 0.3 is 0 Å². The summed E-state index contributed by atoms with van der Waals surface area (Å²) in [7, 11) is 4.09. The summed E-state index contributed by atoms with van der Waals surface area (Å²) in [6.45, 7) is 8.23. The molecular formula is C16H25N5. The summed E-state index contributed by atoms with van der Waals surface area (Å²) in [6.07, 6.45) is 0. The summed E-state index contributed by atoms with van der Waals surface area (Å²) in [5.74, 6) is 0.857. The zero-order valence-corrected chi connectivity index (χ0v) is 13.7. The fraction of sp³-hybridized carbons (Fsp3) is 0.438. The van der Waals surface area contributed by atoms with Crippen LogP contribution in [0, 0.1) is 13.8 Å². The Bertz CT molecular complexity index is 640. The van der Waals surface area contributed by atoms with Gasteiger partial charge in [0.2, 0.25) is 0 Å². The van der Waals surface area contributed by atoms with Crippen molar-refractivity contribution in [1.29, 1.82) is 0 Å². The van der Waals surface area contributed by atoms with Crippen molar-refractivity contribution in [2.24, 2.45) is 0 Å². The Kier molecular flexibility index (Phi) is 4.11. The van der Waals surface area contributed by atoms with E-state index in [2.05, 4.69) is 54.3 Å². The number of hydrogen-bond donors (Lipinski definition) is 2. The largest absolute Gasteiger partial charge is 0.394 e. The highest BCUT2D eigenvalue weighted by Crippen LogP contribution is 2.30. The molecule has 2 aromatic rings. The molecule has 0 aliphatic heterocycles. The molecule has 0 saturated carbocycles. The quantitative estimate of drug-likeness (QED) is 0.904. The van der Waals surface area contributed by atoms with Gasteiger partial charge in [0.25, 0.3) is 0 Å². The molecular weight excluding hydrogens is 262 g/mol. The molecule has 0 atom stereocenters. The van der Waals surface area contributed by atoms with Gasteiger partial charge in [0.1, 0.15) is 0 Å². The van der Waals surface area contributed by atoms with Crippen molar-refractivity contribution >= 4 is 22.9 Å². The fourth-order valence-electron chi connectivity index (χ4n) is 2.36. The second-order valence-corrected chi connectivity index (χ2v) is 5.91. The molecule has 3 N–H and O–H groups in total. The van der Waals surface area contributed by atoms with Gasteiger partial charge in [0, 0.05) is 31.5 Å². The van der Waals surface area contributed by atoms with Crippen molar-refractivity contribution in [2.45, 2.75) is 33.7 Å². The smallest absolute Gasteiger partial charge is 0.152 e. The van der Waals surface area contributed by atoms with E-state index in [1.165, 1.54) is 11.3 Å². The van der Waals surface area contributed by atoms with Gasteiger partial charge in [-0.3, -0.25) is 0 Å². The minimum absolute atomic E-state index is 0.252. The predicted octanol–water partition coefficient (Wildman–Crippen LogP) is 3.47. The number of anilines is 4. The molecule has 5 nitrogen and oxygen atoms in total. The molecule has 0 aliphatic rings. The van der Waals surface area contributed by atoms with Crippen LogP contribution in [0.3, 0.4) is 0 Å². The van der Waals surface area contributed by atoms with E-state index in [9.17, 15) is 0 Å². The summed E-state index contributed by atoms with van der Waals surface area (Å²) in [5, 5.41) is 7.91. The highest BCUT2D eigenvalue weighted by atomic mass is 15.4. The summed E-state index contributed by atoms with van der Waals surface area (Å²) in [5.41, 5.74) is 11.2. The number of hydrogen-bond acceptors (Lipinski definition) is 4. The fourth-order valence-corrected chi connectivity index (χ4v) is 2.36. The summed E-state index contributed by atoms with van der Waals surface area (Å²) in [4.78, 5) is 2.11. The standard InChI is InChI=1S/C16H25N5/c1-10(2)21-16(15(17)12(4)19-21)18-13-8-7-11(3)14(9-13)20(5)6/h7-10,18H,17H2,1-6H3. The van der Waals surface area contributed by atoms with Gasteiger partial charge in [-0.1, -0.05) is 6.07 Å². The van der Waals surface area contributed by atoms with Crippen LogP contribution in [-0.4, -0.2) is 23.9 Å². The first-order valence-electron chi connectivity index (χ1n) is 7.20. The van der Waals surface area contributed by atoms with Crippen LogP contribution in [0.1, 0.15) is 31.1 Å². The molecule has 114 valence electrons. The second-order valence-electron chi connectivity index (χ2n) is 5.91. The van der Waals surface area contributed by atoms with E-state index in [0.29, 0.717) is 5.69 Å². The van der Waals surface area contributed by atoms with Crippen molar-refractivity contribution in [3.63, 3.8) is 0 Å². The molecule has 0 unspecified atom stereocenters. The third-order valence-electron chi connectivity index (χ3n) is 3.57. The highest BCUT2D eigenvalue weighted by Gasteiger charge is 2.15. The third kappa shape index (κ3) is 2.96. The van der Waals surface area contributed by atoms with E-state index < -0.39 is 0 Å². The highest BCUT2D eigenvalue weighted by molar-refractivity contribution is 5.73. The monoisotopic (exact) mass is 287 g/mol.